The molecule has 1 aromatic carbocycles. The maximum atomic E-state index is 6.11. The minimum Gasteiger partial charge on any atom is -0.493 e. The van der Waals surface area contributed by atoms with Crippen molar-refractivity contribution in [1.29, 1.82) is 0 Å². The van der Waals surface area contributed by atoms with Crippen LogP contribution in [0.3, 0.4) is 0 Å². The summed E-state index contributed by atoms with van der Waals surface area (Å²) in [4.78, 5) is 8.23. The van der Waals surface area contributed by atoms with Crippen LogP contribution in [0.2, 0.25) is 5.15 Å². The lowest BCUT2D eigenvalue weighted by molar-refractivity contribution is 0.323. The lowest BCUT2D eigenvalue weighted by Crippen LogP contribution is -2.04. The van der Waals surface area contributed by atoms with Crippen LogP contribution in [-0.2, 0) is 6.54 Å². The van der Waals surface area contributed by atoms with E-state index in [4.69, 9.17) is 31.5 Å². The molecule has 3 aromatic rings. The number of hydrogen-bond donors (Lipinski definition) is 1. The van der Waals surface area contributed by atoms with Crippen LogP contribution in [0.4, 0.5) is 5.95 Å². The van der Waals surface area contributed by atoms with E-state index in [9.17, 15) is 0 Å². The summed E-state index contributed by atoms with van der Waals surface area (Å²) in [6, 6.07) is 5.63. The number of fused-ring (bicyclic) bond motifs is 1. The number of methoxy groups -OCH3 is 3. The van der Waals surface area contributed by atoms with Crippen molar-refractivity contribution in [3.63, 3.8) is 0 Å². The van der Waals surface area contributed by atoms with Gasteiger partial charge in [0, 0.05) is 12.7 Å². The summed E-state index contributed by atoms with van der Waals surface area (Å²) < 4.78 is 18.0. The largest absolute Gasteiger partial charge is 0.493 e. The summed E-state index contributed by atoms with van der Waals surface area (Å²) in [5.74, 6) is 1.87. The Hall–Kier alpha value is -2.67. The second-order valence-electron chi connectivity index (χ2n) is 5.09. The first-order valence-corrected chi connectivity index (χ1v) is 7.52. The first-order valence-electron chi connectivity index (χ1n) is 7.14. The summed E-state index contributed by atoms with van der Waals surface area (Å²) in [6.07, 6.45) is 1.88. The van der Waals surface area contributed by atoms with Crippen molar-refractivity contribution in [3.8, 4) is 17.2 Å². The number of nitrogens with two attached hydrogens (primary N) is 1. The van der Waals surface area contributed by atoms with Crippen LogP contribution in [0.25, 0.3) is 11.0 Å². The zero-order valence-corrected chi connectivity index (χ0v) is 14.3. The molecule has 0 saturated carbocycles. The van der Waals surface area contributed by atoms with Gasteiger partial charge >= 0.3 is 0 Å². The molecule has 0 amide bonds. The van der Waals surface area contributed by atoms with Gasteiger partial charge in [0.05, 0.1) is 26.7 Å². The third kappa shape index (κ3) is 2.78. The molecule has 3 rings (SSSR count). The first-order chi connectivity index (χ1) is 11.6. The van der Waals surface area contributed by atoms with Gasteiger partial charge in [0.25, 0.3) is 0 Å². The molecule has 2 heterocycles. The molecule has 2 N–H and O–H groups in total. The molecule has 0 radical (unpaired) electrons. The number of rotatable bonds is 5. The Labute approximate surface area is 143 Å². The van der Waals surface area contributed by atoms with Crippen molar-refractivity contribution in [2.24, 2.45) is 0 Å². The van der Waals surface area contributed by atoms with Crippen molar-refractivity contribution in [2.75, 3.05) is 27.1 Å². The number of nitrogen functional groups attached to an aromatic ring is 1. The Morgan fingerprint density at radius 2 is 1.75 bits per heavy atom. The molecule has 126 valence electrons. The van der Waals surface area contributed by atoms with E-state index >= 15 is 0 Å². The molecule has 8 heteroatoms. The molecule has 0 fully saturated rings. The van der Waals surface area contributed by atoms with Crippen LogP contribution in [0.5, 0.6) is 17.2 Å². The maximum absolute atomic E-state index is 6.11. The van der Waals surface area contributed by atoms with Gasteiger partial charge in [-0.1, -0.05) is 11.6 Å². The highest BCUT2D eigenvalue weighted by atomic mass is 35.5. The predicted molar refractivity (Wildman–Crippen MR) is 92.2 cm³/mol. The Bertz CT molecular complexity index is 869. The predicted octanol–water partition coefficient (Wildman–Crippen LogP) is 2.74. The lowest BCUT2D eigenvalue weighted by atomic mass is 10.1. The topological polar surface area (TPSA) is 84.4 Å². The normalized spacial score (nSPS) is 10.8. The van der Waals surface area contributed by atoms with Crippen molar-refractivity contribution in [1.82, 2.24) is 14.5 Å². The van der Waals surface area contributed by atoms with E-state index in [1.165, 1.54) is 0 Å². The molecule has 0 atom stereocenters. The van der Waals surface area contributed by atoms with Gasteiger partial charge < -0.3 is 24.5 Å². The number of hydrogen-bond acceptors (Lipinski definition) is 6. The standard InChI is InChI=1S/C16H17ClN4O3/c1-22-11-6-9(7-12(23-2)13(11)24-3)8-21-5-4-10-14(17)19-16(18)20-15(10)21/h4-7H,8H2,1-3H3,(H2,18,19,20). The van der Waals surface area contributed by atoms with Crippen LogP contribution in [-0.4, -0.2) is 35.9 Å². The van der Waals surface area contributed by atoms with E-state index in [0.29, 0.717) is 34.6 Å². The monoisotopic (exact) mass is 348 g/mol. The number of halogens is 1. The van der Waals surface area contributed by atoms with Crippen molar-refractivity contribution in [2.45, 2.75) is 6.54 Å². The fraction of sp³-hybridized carbons (Fsp3) is 0.250. The average Bonchev–Trinajstić information content (AvgIpc) is 2.96. The molecule has 0 aliphatic rings. The highest BCUT2D eigenvalue weighted by molar-refractivity contribution is 6.34. The van der Waals surface area contributed by atoms with Gasteiger partial charge in [0.1, 0.15) is 10.8 Å². The van der Waals surface area contributed by atoms with Crippen LogP contribution < -0.4 is 19.9 Å². The summed E-state index contributed by atoms with van der Waals surface area (Å²) in [5.41, 5.74) is 7.32. The fourth-order valence-corrected chi connectivity index (χ4v) is 2.83. The van der Waals surface area contributed by atoms with Gasteiger partial charge in [-0.25, -0.2) is 4.98 Å². The molecular formula is C16H17ClN4O3. The molecule has 0 aliphatic heterocycles. The van der Waals surface area contributed by atoms with Crippen molar-refractivity contribution >= 4 is 28.6 Å². The Kier molecular flexibility index (Phi) is 4.35. The van der Waals surface area contributed by atoms with Crippen LogP contribution >= 0.6 is 11.6 Å². The molecule has 2 aromatic heterocycles. The quantitative estimate of drug-likeness (QED) is 0.714. The van der Waals surface area contributed by atoms with Gasteiger partial charge in [-0.2, -0.15) is 4.98 Å². The molecule has 0 bridgehead atoms. The first kappa shape index (κ1) is 16.2. The number of benzene rings is 1. The van der Waals surface area contributed by atoms with Gasteiger partial charge in [-0.15, -0.1) is 0 Å². The van der Waals surface area contributed by atoms with Gasteiger partial charge in [0.2, 0.25) is 11.7 Å². The Morgan fingerprint density at radius 1 is 1.08 bits per heavy atom. The van der Waals surface area contributed by atoms with E-state index in [-0.39, 0.29) is 5.95 Å². The van der Waals surface area contributed by atoms with Crippen LogP contribution in [0.15, 0.2) is 24.4 Å². The number of nitrogens with zero attached hydrogens (tertiary/aromatic N) is 3. The van der Waals surface area contributed by atoms with E-state index in [0.717, 1.165) is 10.9 Å². The fourth-order valence-electron chi connectivity index (χ4n) is 2.60. The smallest absolute Gasteiger partial charge is 0.223 e. The van der Waals surface area contributed by atoms with E-state index in [1.54, 1.807) is 21.3 Å². The molecule has 0 aliphatic carbocycles. The average molecular weight is 349 g/mol. The molecule has 0 saturated heterocycles. The Balaban J connectivity index is 2.06. The number of anilines is 1. The number of aromatic nitrogens is 3. The molecule has 24 heavy (non-hydrogen) atoms. The van der Waals surface area contributed by atoms with Crippen LogP contribution in [0.1, 0.15) is 5.56 Å². The third-order valence-electron chi connectivity index (χ3n) is 3.67. The third-order valence-corrected chi connectivity index (χ3v) is 3.96. The lowest BCUT2D eigenvalue weighted by Gasteiger charge is -2.14. The highest BCUT2D eigenvalue weighted by Crippen LogP contribution is 2.38. The summed E-state index contributed by atoms with van der Waals surface area (Å²) in [6.45, 7) is 0.535. The van der Waals surface area contributed by atoms with Gasteiger partial charge in [0.15, 0.2) is 11.5 Å². The second kappa shape index (κ2) is 6.45. The highest BCUT2D eigenvalue weighted by Gasteiger charge is 2.15. The molecule has 7 nitrogen and oxygen atoms in total. The number of ether oxygens (including phenoxy) is 3. The zero-order valence-electron chi connectivity index (χ0n) is 13.5. The minimum atomic E-state index is 0.136. The van der Waals surface area contributed by atoms with Gasteiger partial charge in [-0.05, 0) is 23.8 Å². The Morgan fingerprint density at radius 3 is 2.33 bits per heavy atom. The van der Waals surface area contributed by atoms with Crippen LogP contribution in [0, 0.1) is 0 Å². The van der Waals surface area contributed by atoms with E-state index in [1.807, 2.05) is 29.0 Å². The SMILES string of the molecule is COc1cc(Cn2ccc3c(Cl)nc(N)nc32)cc(OC)c1OC. The van der Waals surface area contributed by atoms with E-state index < -0.39 is 0 Å². The van der Waals surface area contributed by atoms with Crippen molar-refractivity contribution in [3.05, 3.63) is 35.1 Å². The molecule has 0 unspecified atom stereocenters. The van der Waals surface area contributed by atoms with Gasteiger partial charge in [-0.3, -0.25) is 0 Å². The second-order valence-corrected chi connectivity index (χ2v) is 5.45. The zero-order chi connectivity index (χ0) is 17.3. The molecular weight excluding hydrogens is 332 g/mol. The molecule has 0 spiro atoms. The van der Waals surface area contributed by atoms with E-state index in [2.05, 4.69) is 9.97 Å². The summed E-state index contributed by atoms with van der Waals surface area (Å²) in [5, 5.41) is 1.08. The maximum Gasteiger partial charge on any atom is 0.223 e. The summed E-state index contributed by atoms with van der Waals surface area (Å²) >= 11 is 6.11. The summed E-state index contributed by atoms with van der Waals surface area (Å²) in [7, 11) is 4.74. The van der Waals surface area contributed by atoms with Crippen molar-refractivity contribution < 1.29 is 14.2 Å². The minimum absolute atomic E-state index is 0.136.